The zero-order valence-corrected chi connectivity index (χ0v) is 14.9. The highest BCUT2D eigenvalue weighted by atomic mass is 32.2. The molecule has 0 aromatic heterocycles. The third-order valence-electron chi connectivity index (χ3n) is 4.02. The van der Waals surface area contributed by atoms with Gasteiger partial charge in [0.25, 0.3) is 0 Å². The molecule has 1 aromatic carbocycles. The summed E-state index contributed by atoms with van der Waals surface area (Å²) in [4.78, 5) is 2.55. The third kappa shape index (κ3) is 6.02. The van der Waals surface area contributed by atoms with Gasteiger partial charge in [0.1, 0.15) is 0 Å². The molecule has 0 amide bonds. The van der Waals surface area contributed by atoms with Crippen LogP contribution in [0, 0.1) is 0 Å². The fraction of sp³-hybridized carbons (Fsp3) is 0.400. The molecule has 1 fully saturated rings. The van der Waals surface area contributed by atoms with Gasteiger partial charge in [-0.3, -0.25) is 4.90 Å². The van der Waals surface area contributed by atoms with Crippen LogP contribution < -0.4 is 5.32 Å². The van der Waals surface area contributed by atoms with Crippen molar-refractivity contribution in [1.29, 1.82) is 0 Å². The first-order valence-corrected chi connectivity index (χ1v) is 9.45. The number of hydrogen-bond donors (Lipinski definition) is 1. The second-order valence-electron chi connectivity index (χ2n) is 5.65. The molecule has 0 aliphatic carbocycles. The summed E-state index contributed by atoms with van der Waals surface area (Å²) >= 11 is 2.02. The third-order valence-corrected chi connectivity index (χ3v) is 5.32. The smallest absolute Gasteiger partial charge is 0.0546 e. The van der Waals surface area contributed by atoms with Crippen LogP contribution in [0.1, 0.15) is 17.7 Å². The first kappa shape index (κ1) is 18.1. The minimum absolute atomic E-state index is 0.354. The maximum atomic E-state index is 4.02. The van der Waals surface area contributed by atoms with Gasteiger partial charge in [0, 0.05) is 38.5 Å². The molecular weight excluding hydrogens is 300 g/mol. The van der Waals surface area contributed by atoms with Crippen LogP contribution in [0.15, 0.2) is 66.8 Å². The lowest BCUT2D eigenvalue weighted by Gasteiger charge is -2.28. The Morgan fingerprint density at radius 3 is 2.70 bits per heavy atom. The van der Waals surface area contributed by atoms with Crippen molar-refractivity contribution in [2.45, 2.75) is 12.2 Å². The van der Waals surface area contributed by atoms with Crippen molar-refractivity contribution in [3.05, 3.63) is 72.4 Å². The maximum Gasteiger partial charge on any atom is 0.0546 e. The van der Waals surface area contributed by atoms with Crippen molar-refractivity contribution in [3.8, 4) is 0 Å². The predicted molar refractivity (Wildman–Crippen MR) is 104 cm³/mol. The first-order chi connectivity index (χ1) is 11.3. The van der Waals surface area contributed by atoms with Crippen LogP contribution in [-0.2, 0) is 0 Å². The van der Waals surface area contributed by atoms with Crippen LogP contribution >= 0.6 is 11.8 Å². The van der Waals surface area contributed by atoms with Crippen LogP contribution in [0.2, 0.25) is 0 Å². The van der Waals surface area contributed by atoms with E-state index >= 15 is 0 Å². The van der Waals surface area contributed by atoms with E-state index in [9.17, 15) is 0 Å². The normalized spacial score (nSPS) is 18.2. The van der Waals surface area contributed by atoms with Crippen molar-refractivity contribution in [3.63, 3.8) is 0 Å². The lowest BCUT2D eigenvalue weighted by Crippen LogP contribution is -2.44. The first-order valence-electron chi connectivity index (χ1n) is 8.40. The molecule has 1 heterocycles. The Labute approximate surface area is 145 Å². The monoisotopic (exact) mass is 328 g/mol. The van der Waals surface area contributed by atoms with Crippen LogP contribution in [0.3, 0.4) is 0 Å². The fourth-order valence-corrected chi connectivity index (χ4v) is 4.03. The van der Waals surface area contributed by atoms with E-state index in [-0.39, 0.29) is 0 Å². The van der Waals surface area contributed by atoms with E-state index in [1.165, 1.54) is 24.2 Å². The highest BCUT2D eigenvalue weighted by Crippen LogP contribution is 2.36. The van der Waals surface area contributed by atoms with Crippen LogP contribution in [-0.4, -0.2) is 43.4 Å². The molecule has 2 nitrogen and oxygen atoms in total. The lowest BCUT2D eigenvalue weighted by molar-refractivity contribution is 0.255. The van der Waals surface area contributed by atoms with Crippen molar-refractivity contribution in [1.82, 2.24) is 10.2 Å². The molecule has 124 valence electrons. The summed E-state index contributed by atoms with van der Waals surface area (Å²) in [7, 11) is 0. The molecule has 0 bridgehead atoms. The SMILES string of the molecule is C=C/C(=C\C=C/C)C(SCCN1CCNCC1)c1ccccc1. The summed E-state index contributed by atoms with van der Waals surface area (Å²) in [5.41, 5.74) is 2.63. The van der Waals surface area contributed by atoms with E-state index in [0.717, 1.165) is 25.4 Å². The number of benzene rings is 1. The second-order valence-corrected chi connectivity index (χ2v) is 6.86. The summed E-state index contributed by atoms with van der Waals surface area (Å²) in [5, 5.41) is 3.77. The van der Waals surface area contributed by atoms with Crippen molar-refractivity contribution >= 4 is 11.8 Å². The molecule has 23 heavy (non-hydrogen) atoms. The Kier molecular flexibility index (Phi) is 8.23. The molecule has 1 saturated heterocycles. The fourth-order valence-electron chi connectivity index (χ4n) is 2.72. The van der Waals surface area contributed by atoms with Crippen molar-refractivity contribution in [2.75, 3.05) is 38.5 Å². The van der Waals surface area contributed by atoms with Gasteiger partial charge in [-0.2, -0.15) is 0 Å². The average Bonchev–Trinajstić information content (AvgIpc) is 2.62. The van der Waals surface area contributed by atoms with E-state index in [1.54, 1.807) is 0 Å². The topological polar surface area (TPSA) is 15.3 Å². The summed E-state index contributed by atoms with van der Waals surface area (Å²) in [6.45, 7) is 11.8. The van der Waals surface area contributed by atoms with Gasteiger partial charge in [-0.05, 0) is 18.1 Å². The molecular formula is C20H28N2S. The zero-order valence-electron chi connectivity index (χ0n) is 14.1. The second kappa shape index (κ2) is 10.5. The summed E-state index contributed by atoms with van der Waals surface area (Å²) < 4.78 is 0. The Morgan fingerprint density at radius 2 is 2.04 bits per heavy atom. The molecule has 0 spiro atoms. The predicted octanol–water partition coefficient (Wildman–Crippen LogP) is 4.05. The van der Waals surface area contributed by atoms with Gasteiger partial charge >= 0.3 is 0 Å². The minimum Gasteiger partial charge on any atom is -0.314 e. The van der Waals surface area contributed by atoms with Gasteiger partial charge in [0.2, 0.25) is 0 Å². The summed E-state index contributed by atoms with van der Waals surface area (Å²) in [6.07, 6.45) is 8.35. The van der Waals surface area contributed by atoms with Crippen molar-refractivity contribution < 1.29 is 0 Å². The van der Waals surface area contributed by atoms with Crippen LogP contribution in [0.25, 0.3) is 0 Å². The Balaban J connectivity index is 2.02. The van der Waals surface area contributed by atoms with E-state index < -0.39 is 0 Å². The van der Waals surface area contributed by atoms with Gasteiger partial charge in [0.15, 0.2) is 0 Å². The van der Waals surface area contributed by atoms with Crippen LogP contribution in [0.4, 0.5) is 0 Å². The Hall–Kier alpha value is -1.29. The minimum atomic E-state index is 0.354. The molecule has 1 aliphatic rings. The molecule has 3 heteroatoms. The standard InChI is InChI=1S/C20H28N2S/c1-3-5-9-18(4-2)20(19-10-7-6-8-11-19)23-17-16-22-14-12-21-13-15-22/h3-11,20-21H,2,12-17H2,1H3/b5-3-,18-9+. The number of allylic oxidation sites excluding steroid dienone is 4. The largest absolute Gasteiger partial charge is 0.314 e. The van der Waals surface area contributed by atoms with E-state index in [4.69, 9.17) is 0 Å². The molecule has 2 rings (SSSR count). The highest BCUT2D eigenvalue weighted by molar-refractivity contribution is 7.99. The molecule has 1 atom stereocenters. The van der Waals surface area contributed by atoms with Crippen molar-refractivity contribution in [2.24, 2.45) is 0 Å². The highest BCUT2D eigenvalue weighted by Gasteiger charge is 2.16. The molecule has 1 aromatic rings. The molecule has 0 radical (unpaired) electrons. The quantitative estimate of drug-likeness (QED) is 0.725. The number of nitrogens with zero attached hydrogens (tertiary/aromatic N) is 1. The molecule has 1 unspecified atom stereocenters. The van der Waals surface area contributed by atoms with Gasteiger partial charge in [-0.1, -0.05) is 61.2 Å². The Bertz CT molecular complexity index is 516. The van der Waals surface area contributed by atoms with Crippen LogP contribution in [0.5, 0.6) is 0 Å². The van der Waals surface area contributed by atoms with Gasteiger partial charge in [0.05, 0.1) is 5.25 Å². The van der Waals surface area contributed by atoms with E-state index in [1.807, 2.05) is 24.8 Å². The number of thioether (sulfide) groups is 1. The number of nitrogens with one attached hydrogen (secondary N) is 1. The summed E-state index contributed by atoms with van der Waals surface area (Å²) in [5.74, 6) is 1.14. The van der Waals surface area contributed by atoms with Gasteiger partial charge in [-0.15, -0.1) is 11.8 Å². The van der Waals surface area contributed by atoms with E-state index in [0.29, 0.717) is 5.25 Å². The zero-order chi connectivity index (χ0) is 16.3. The van der Waals surface area contributed by atoms with E-state index in [2.05, 4.69) is 65.4 Å². The number of piperazine rings is 1. The Morgan fingerprint density at radius 1 is 1.30 bits per heavy atom. The number of rotatable bonds is 8. The summed E-state index contributed by atoms with van der Waals surface area (Å²) in [6, 6.07) is 10.8. The number of hydrogen-bond acceptors (Lipinski definition) is 3. The lowest BCUT2D eigenvalue weighted by atomic mass is 10.0. The van der Waals surface area contributed by atoms with Gasteiger partial charge < -0.3 is 5.32 Å². The molecule has 1 aliphatic heterocycles. The van der Waals surface area contributed by atoms with Gasteiger partial charge in [-0.25, -0.2) is 0 Å². The molecule has 1 N–H and O–H groups in total. The maximum absolute atomic E-state index is 4.02. The molecule has 0 saturated carbocycles. The average molecular weight is 329 g/mol.